The number of rotatable bonds is 6. The minimum Gasteiger partial charge on any atom is -0.369 e. The largest absolute Gasteiger partial charge is 0.369 e. The van der Waals surface area contributed by atoms with Gasteiger partial charge in [-0.15, -0.1) is 11.8 Å². The Kier molecular flexibility index (Phi) is 5.57. The molecule has 0 unspecified atom stereocenters. The zero-order valence-corrected chi connectivity index (χ0v) is 14.0. The molecule has 0 aliphatic rings. The first-order valence-corrected chi connectivity index (χ1v) is 8.49. The van der Waals surface area contributed by atoms with Crippen LogP contribution in [0.15, 0.2) is 28.5 Å². The molecule has 2 rings (SSSR count). The molecule has 0 aliphatic carbocycles. The average Bonchev–Trinajstić information content (AvgIpc) is 2.79. The number of aryl methyl sites for hydroxylation is 2. The summed E-state index contributed by atoms with van der Waals surface area (Å²) in [5.74, 6) is -0.267. The molecule has 0 saturated heterocycles. The Morgan fingerprint density at radius 2 is 2.05 bits per heavy atom. The van der Waals surface area contributed by atoms with Crippen molar-refractivity contribution in [3.8, 4) is 0 Å². The third-order valence-electron chi connectivity index (χ3n) is 2.96. The van der Waals surface area contributed by atoms with E-state index in [0.717, 1.165) is 21.0 Å². The molecule has 1 aromatic heterocycles. The summed E-state index contributed by atoms with van der Waals surface area (Å²) in [6.07, 6.45) is 0.315. The highest BCUT2D eigenvalue weighted by Crippen LogP contribution is 2.31. The Morgan fingerprint density at radius 1 is 1.32 bits per heavy atom. The van der Waals surface area contributed by atoms with Crippen molar-refractivity contribution in [2.24, 2.45) is 5.73 Å². The first kappa shape index (κ1) is 16.5. The molecule has 3 N–H and O–H groups in total. The van der Waals surface area contributed by atoms with E-state index in [1.807, 2.05) is 38.1 Å². The Bertz CT molecular complexity index is 698. The number of thiazole rings is 1. The minimum atomic E-state index is -0.372. The highest BCUT2D eigenvalue weighted by Gasteiger charge is 2.12. The number of amides is 2. The van der Waals surface area contributed by atoms with Gasteiger partial charge in [0.2, 0.25) is 11.8 Å². The average molecular weight is 335 g/mol. The van der Waals surface area contributed by atoms with Crippen LogP contribution in [0.25, 0.3) is 0 Å². The molecule has 1 aromatic carbocycles. The smallest absolute Gasteiger partial charge is 0.230 e. The van der Waals surface area contributed by atoms with Crippen LogP contribution in [0.3, 0.4) is 0 Å². The molecule has 0 aliphatic heterocycles. The summed E-state index contributed by atoms with van der Waals surface area (Å²) in [5.41, 5.74) is 8.01. The summed E-state index contributed by atoms with van der Waals surface area (Å²) < 4.78 is 0.894. The molecule has 7 heteroatoms. The fraction of sp³-hybridized carbons (Fsp3) is 0.267. The van der Waals surface area contributed by atoms with Crippen molar-refractivity contribution < 1.29 is 9.59 Å². The van der Waals surface area contributed by atoms with Gasteiger partial charge in [-0.2, -0.15) is 0 Å². The predicted molar refractivity (Wildman–Crippen MR) is 90.3 cm³/mol. The van der Waals surface area contributed by atoms with Crippen LogP contribution in [0.4, 0.5) is 5.13 Å². The third-order valence-corrected chi connectivity index (χ3v) is 5.42. The van der Waals surface area contributed by atoms with E-state index in [-0.39, 0.29) is 17.6 Å². The zero-order valence-electron chi connectivity index (χ0n) is 12.4. The minimum absolute atomic E-state index is 0.102. The molecule has 0 saturated carbocycles. The number of carbonyl (C=O) groups is 2. The van der Waals surface area contributed by atoms with Gasteiger partial charge in [0.05, 0.1) is 22.1 Å². The Balaban J connectivity index is 1.98. The first-order valence-electron chi connectivity index (χ1n) is 6.68. The van der Waals surface area contributed by atoms with Crippen molar-refractivity contribution in [1.29, 1.82) is 0 Å². The van der Waals surface area contributed by atoms with Crippen LogP contribution in [0.1, 0.15) is 16.8 Å². The van der Waals surface area contributed by atoms with E-state index < -0.39 is 0 Å². The lowest BCUT2D eigenvalue weighted by Crippen LogP contribution is -2.14. The molecule has 116 valence electrons. The number of primary amides is 1. The summed E-state index contributed by atoms with van der Waals surface area (Å²) in [7, 11) is 0. The van der Waals surface area contributed by atoms with Crippen LogP contribution in [-0.4, -0.2) is 22.6 Å². The Labute approximate surface area is 137 Å². The fourth-order valence-electron chi connectivity index (χ4n) is 1.85. The lowest BCUT2D eigenvalue weighted by atomic mass is 10.1. The molecule has 0 fully saturated rings. The van der Waals surface area contributed by atoms with Gasteiger partial charge in [0.25, 0.3) is 0 Å². The van der Waals surface area contributed by atoms with E-state index >= 15 is 0 Å². The highest BCUT2D eigenvalue weighted by atomic mass is 32.2. The molecule has 1 heterocycles. The molecule has 0 radical (unpaired) electrons. The van der Waals surface area contributed by atoms with Gasteiger partial charge in [-0.3, -0.25) is 9.59 Å². The molecule has 2 amide bonds. The van der Waals surface area contributed by atoms with Crippen molar-refractivity contribution in [1.82, 2.24) is 4.98 Å². The van der Waals surface area contributed by atoms with Gasteiger partial charge in [-0.25, -0.2) is 4.98 Å². The number of nitrogens with zero attached hydrogens (tertiary/aromatic N) is 1. The van der Waals surface area contributed by atoms with Crippen molar-refractivity contribution in [2.75, 3.05) is 11.1 Å². The van der Waals surface area contributed by atoms with Crippen molar-refractivity contribution in [2.45, 2.75) is 24.5 Å². The molecule has 22 heavy (non-hydrogen) atoms. The second kappa shape index (κ2) is 7.42. The molecule has 0 bridgehead atoms. The molecule has 0 atom stereocenters. The summed E-state index contributed by atoms with van der Waals surface area (Å²) >= 11 is 2.70. The van der Waals surface area contributed by atoms with E-state index in [9.17, 15) is 9.59 Å². The summed E-state index contributed by atoms with van der Waals surface area (Å²) in [6.45, 7) is 3.82. The van der Waals surface area contributed by atoms with Crippen molar-refractivity contribution in [3.63, 3.8) is 0 Å². The standard InChI is InChI=1S/C15H17N3O2S2/c1-9-5-3-4-6-11(9)7-13(20)18-15-17-10(2)14(22-15)21-8-12(16)19/h3-6H,7-8H2,1-2H3,(H2,16,19)(H,17,18,20). The van der Waals surface area contributed by atoms with Crippen LogP contribution >= 0.6 is 23.1 Å². The van der Waals surface area contributed by atoms with Gasteiger partial charge in [-0.1, -0.05) is 35.6 Å². The third kappa shape index (κ3) is 4.57. The lowest BCUT2D eigenvalue weighted by molar-refractivity contribution is -0.116. The SMILES string of the molecule is Cc1ccccc1CC(=O)Nc1nc(C)c(SCC(N)=O)s1. The second-order valence-corrected chi connectivity index (χ2v) is 7.04. The van der Waals surface area contributed by atoms with E-state index in [4.69, 9.17) is 5.73 Å². The van der Waals surface area contributed by atoms with E-state index in [1.54, 1.807) is 0 Å². The number of hydrogen-bond acceptors (Lipinski definition) is 5. The maximum Gasteiger partial charge on any atom is 0.230 e. The molecule has 0 spiro atoms. The zero-order chi connectivity index (χ0) is 16.1. The molecule has 5 nitrogen and oxygen atoms in total. The predicted octanol–water partition coefficient (Wildman–Crippen LogP) is 2.52. The topological polar surface area (TPSA) is 85.1 Å². The summed E-state index contributed by atoms with van der Waals surface area (Å²) in [5, 5.41) is 3.35. The van der Waals surface area contributed by atoms with Crippen LogP contribution < -0.4 is 11.1 Å². The van der Waals surface area contributed by atoms with E-state index in [1.165, 1.54) is 23.1 Å². The van der Waals surface area contributed by atoms with Crippen LogP contribution in [-0.2, 0) is 16.0 Å². The number of carbonyl (C=O) groups excluding carboxylic acids is 2. The maximum absolute atomic E-state index is 12.1. The second-order valence-electron chi connectivity index (χ2n) is 4.80. The number of benzene rings is 1. The number of aromatic nitrogens is 1. The van der Waals surface area contributed by atoms with Crippen LogP contribution in [0.2, 0.25) is 0 Å². The Hall–Kier alpha value is -1.86. The normalized spacial score (nSPS) is 10.5. The number of nitrogens with one attached hydrogen (secondary N) is 1. The highest BCUT2D eigenvalue weighted by molar-refractivity contribution is 8.01. The number of anilines is 1. The lowest BCUT2D eigenvalue weighted by Gasteiger charge is -2.04. The summed E-state index contributed by atoms with van der Waals surface area (Å²) in [6, 6.07) is 7.79. The fourth-order valence-corrected chi connectivity index (χ4v) is 3.74. The van der Waals surface area contributed by atoms with Gasteiger partial charge in [0.1, 0.15) is 0 Å². The Morgan fingerprint density at radius 3 is 2.73 bits per heavy atom. The van der Waals surface area contributed by atoms with Gasteiger partial charge >= 0.3 is 0 Å². The molecule has 2 aromatic rings. The number of nitrogens with two attached hydrogens (primary N) is 1. The van der Waals surface area contributed by atoms with Crippen LogP contribution in [0, 0.1) is 13.8 Å². The van der Waals surface area contributed by atoms with E-state index in [0.29, 0.717) is 11.6 Å². The van der Waals surface area contributed by atoms with Crippen molar-refractivity contribution >= 4 is 40.0 Å². The summed E-state index contributed by atoms with van der Waals surface area (Å²) in [4.78, 5) is 27.2. The van der Waals surface area contributed by atoms with Crippen molar-refractivity contribution in [3.05, 3.63) is 41.1 Å². The van der Waals surface area contributed by atoms with Gasteiger partial charge in [0.15, 0.2) is 5.13 Å². The molecular weight excluding hydrogens is 318 g/mol. The molecular formula is C15H17N3O2S2. The maximum atomic E-state index is 12.1. The first-order chi connectivity index (χ1) is 10.5. The van der Waals surface area contributed by atoms with Crippen LogP contribution in [0.5, 0.6) is 0 Å². The van der Waals surface area contributed by atoms with Gasteiger partial charge < -0.3 is 11.1 Å². The quantitative estimate of drug-likeness (QED) is 0.794. The van der Waals surface area contributed by atoms with Gasteiger partial charge in [0, 0.05) is 0 Å². The number of hydrogen-bond donors (Lipinski definition) is 2. The number of thioether (sulfide) groups is 1. The monoisotopic (exact) mass is 335 g/mol. The van der Waals surface area contributed by atoms with Gasteiger partial charge in [-0.05, 0) is 25.0 Å². The van der Waals surface area contributed by atoms with E-state index in [2.05, 4.69) is 10.3 Å².